The fourth-order valence-electron chi connectivity index (χ4n) is 3.01. The first-order valence-corrected chi connectivity index (χ1v) is 10.4. The summed E-state index contributed by atoms with van der Waals surface area (Å²) in [6.07, 6.45) is 0.336. The molecule has 0 aromatic heterocycles. The van der Waals surface area contributed by atoms with Crippen LogP contribution in [0.25, 0.3) is 11.1 Å². The third-order valence-electron chi connectivity index (χ3n) is 4.87. The Morgan fingerprint density at radius 3 is 2.00 bits per heavy atom. The van der Waals surface area contributed by atoms with E-state index < -0.39 is 6.09 Å². The van der Waals surface area contributed by atoms with Gasteiger partial charge in [-0.1, -0.05) is 55.5 Å². The van der Waals surface area contributed by atoms with Gasteiger partial charge in [0, 0.05) is 25.2 Å². The molecule has 2 amide bonds. The second kappa shape index (κ2) is 11.6. The van der Waals surface area contributed by atoms with Gasteiger partial charge in [0.05, 0.1) is 0 Å². The molecule has 0 heterocycles. The van der Waals surface area contributed by atoms with E-state index in [9.17, 15) is 14.0 Å². The fraction of sp³-hybridized carbons (Fsp3) is 0.200. The highest BCUT2D eigenvalue weighted by molar-refractivity contribution is 5.94. The van der Waals surface area contributed by atoms with Crippen LogP contribution in [-0.2, 0) is 17.8 Å². The third kappa shape index (κ3) is 6.92. The zero-order valence-corrected chi connectivity index (χ0v) is 17.9. The number of nitrogens with one attached hydrogen (secondary N) is 3. The lowest BCUT2D eigenvalue weighted by Crippen LogP contribution is -2.35. The molecule has 0 unspecified atom stereocenters. The molecule has 0 spiro atoms. The molecular formula is C25H26FN3O3. The second-order valence-corrected chi connectivity index (χ2v) is 7.15. The van der Waals surface area contributed by atoms with Crippen LogP contribution in [0.4, 0.5) is 9.18 Å². The van der Waals surface area contributed by atoms with Gasteiger partial charge in [-0.15, -0.1) is 5.48 Å². The Morgan fingerprint density at radius 1 is 0.781 bits per heavy atom. The first-order valence-electron chi connectivity index (χ1n) is 10.4. The van der Waals surface area contributed by atoms with Crippen molar-refractivity contribution in [2.75, 3.05) is 13.1 Å². The maximum Gasteiger partial charge on any atom is 0.426 e. The van der Waals surface area contributed by atoms with Gasteiger partial charge in [-0.2, -0.15) is 0 Å². The van der Waals surface area contributed by atoms with Gasteiger partial charge < -0.3 is 15.5 Å². The van der Waals surface area contributed by atoms with E-state index in [1.165, 1.54) is 17.7 Å². The van der Waals surface area contributed by atoms with Crippen LogP contribution in [0.3, 0.4) is 0 Å². The Kier molecular flexibility index (Phi) is 8.34. The summed E-state index contributed by atoms with van der Waals surface area (Å²) in [5, 5.41) is 5.30. The topological polar surface area (TPSA) is 79.5 Å². The molecule has 166 valence electrons. The summed E-state index contributed by atoms with van der Waals surface area (Å²) >= 11 is 0. The van der Waals surface area contributed by atoms with Crippen LogP contribution in [0.15, 0.2) is 72.8 Å². The van der Waals surface area contributed by atoms with Crippen molar-refractivity contribution in [3.8, 4) is 11.1 Å². The zero-order valence-electron chi connectivity index (χ0n) is 17.9. The number of hydroxylamine groups is 1. The van der Waals surface area contributed by atoms with E-state index in [1.54, 1.807) is 24.3 Å². The molecule has 0 fully saturated rings. The van der Waals surface area contributed by atoms with Crippen molar-refractivity contribution < 1.29 is 18.8 Å². The molecule has 3 aromatic rings. The van der Waals surface area contributed by atoms with Crippen LogP contribution < -0.4 is 16.1 Å². The molecule has 7 heteroatoms. The Morgan fingerprint density at radius 2 is 1.38 bits per heavy atom. The van der Waals surface area contributed by atoms with Gasteiger partial charge in [-0.05, 0) is 52.9 Å². The van der Waals surface area contributed by atoms with Gasteiger partial charge in [0.25, 0.3) is 5.91 Å². The number of hydrogen-bond acceptors (Lipinski definition) is 4. The number of carbonyl (C=O) groups excluding carboxylic acids is 2. The standard InChI is InChI=1S/C25H26FN3O3/c1-2-18-3-7-20(8-4-18)21-9-11-22(12-10-21)24(30)27-15-16-29-32-25(31)28-17-19-5-13-23(26)14-6-19/h3-14,29H,2,15-17H2,1H3,(H,27,30)(H,28,31). The Bertz CT molecular complexity index is 1020. The summed E-state index contributed by atoms with van der Waals surface area (Å²) in [4.78, 5) is 28.7. The highest BCUT2D eigenvalue weighted by Crippen LogP contribution is 2.20. The summed E-state index contributed by atoms with van der Waals surface area (Å²) in [7, 11) is 0. The van der Waals surface area contributed by atoms with Crippen molar-refractivity contribution in [2.24, 2.45) is 0 Å². The molecule has 0 atom stereocenters. The SMILES string of the molecule is CCc1ccc(-c2ccc(C(=O)NCCNOC(=O)NCc3ccc(F)cc3)cc2)cc1. The molecular weight excluding hydrogens is 409 g/mol. The molecule has 0 radical (unpaired) electrons. The van der Waals surface area contributed by atoms with Crippen LogP contribution in [0.2, 0.25) is 0 Å². The monoisotopic (exact) mass is 435 g/mol. The average Bonchev–Trinajstić information content (AvgIpc) is 2.83. The highest BCUT2D eigenvalue weighted by Gasteiger charge is 2.06. The normalized spacial score (nSPS) is 10.4. The Labute approximate surface area is 186 Å². The van der Waals surface area contributed by atoms with Gasteiger partial charge in [-0.25, -0.2) is 9.18 Å². The molecule has 3 rings (SSSR count). The smallest absolute Gasteiger partial charge is 0.354 e. The molecule has 0 bridgehead atoms. The zero-order chi connectivity index (χ0) is 22.8. The third-order valence-corrected chi connectivity index (χ3v) is 4.87. The lowest BCUT2D eigenvalue weighted by Gasteiger charge is -2.09. The molecule has 0 saturated carbocycles. The van der Waals surface area contributed by atoms with Gasteiger partial charge in [0.15, 0.2) is 0 Å². The number of rotatable bonds is 9. The molecule has 0 aliphatic carbocycles. The van der Waals surface area contributed by atoms with E-state index in [1.807, 2.05) is 12.1 Å². The number of aryl methyl sites for hydroxylation is 1. The van der Waals surface area contributed by atoms with Crippen molar-refractivity contribution in [3.63, 3.8) is 0 Å². The number of benzene rings is 3. The summed E-state index contributed by atoms with van der Waals surface area (Å²) in [6, 6.07) is 21.6. The van der Waals surface area contributed by atoms with Crippen LogP contribution in [-0.4, -0.2) is 25.1 Å². The lowest BCUT2D eigenvalue weighted by molar-refractivity contribution is 0.0865. The van der Waals surface area contributed by atoms with Crippen LogP contribution >= 0.6 is 0 Å². The first-order chi connectivity index (χ1) is 15.5. The van der Waals surface area contributed by atoms with Crippen molar-refractivity contribution >= 4 is 12.0 Å². The average molecular weight is 435 g/mol. The van der Waals surface area contributed by atoms with E-state index in [0.717, 1.165) is 23.1 Å². The van der Waals surface area contributed by atoms with E-state index in [2.05, 4.69) is 47.3 Å². The number of carbonyl (C=O) groups is 2. The molecule has 6 nitrogen and oxygen atoms in total. The lowest BCUT2D eigenvalue weighted by atomic mass is 10.0. The predicted octanol–water partition coefficient (Wildman–Crippen LogP) is 4.22. The molecule has 32 heavy (non-hydrogen) atoms. The summed E-state index contributed by atoms with van der Waals surface area (Å²) in [5.74, 6) is -0.543. The van der Waals surface area contributed by atoms with Gasteiger partial charge in [0.2, 0.25) is 0 Å². The summed E-state index contributed by atoms with van der Waals surface area (Å²) in [6.45, 7) is 2.87. The summed E-state index contributed by atoms with van der Waals surface area (Å²) in [5.41, 5.74) is 7.23. The van der Waals surface area contributed by atoms with Crippen LogP contribution in [0.5, 0.6) is 0 Å². The number of halogens is 1. The minimum absolute atomic E-state index is 0.208. The molecule has 0 aliphatic heterocycles. The van der Waals surface area contributed by atoms with Gasteiger partial charge in [0.1, 0.15) is 5.82 Å². The largest absolute Gasteiger partial charge is 0.426 e. The van der Waals surface area contributed by atoms with Crippen molar-refractivity contribution in [2.45, 2.75) is 19.9 Å². The van der Waals surface area contributed by atoms with Crippen LogP contribution in [0, 0.1) is 5.82 Å². The Hall–Kier alpha value is -3.71. The molecule has 0 saturated heterocycles. The maximum atomic E-state index is 12.8. The Balaban J connectivity index is 1.34. The predicted molar refractivity (Wildman–Crippen MR) is 121 cm³/mol. The second-order valence-electron chi connectivity index (χ2n) is 7.15. The van der Waals surface area contributed by atoms with Gasteiger partial charge >= 0.3 is 6.09 Å². The minimum atomic E-state index is -0.664. The first kappa shape index (κ1) is 23.0. The summed E-state index contributed by atoms with van der Waals surface area (Å²) < 4.78 is 12.8. The fourth-order valence-corrected chi connectivity index (χ4v) is 3.01. The van der Waals surface area contributed by atoms with Gasteiger partial charge in [-0.3, -0.25) is 4.79 Å². The highest BCUT2D eigenvalue weighted by atomic mass is 19.1. The maximum absolute atomic E-state index is 12.8. The number of amides is 2. The van der Waals surface area contributed by atoms with E-state index in [-0.39, 0.29) is 31.4 Å². The molecule has 3 aromatic carbocycles. The molecule has 3 N–H and O–H groups in total. The van der Waals surface area contributed by atoms with E-state index in [0.29, 0.717) is 5.56 Å². The van der Waals surface area contributed by atoms with Crippen molar-refractivity contribution in [1.29, 1.82) is 0 Å². The minimum Gasteiger partial charge on any atom is -0.354 e. The van der Waals surface area contributed by atoms with E-state index in [4.69, 9.17) is 4.84 Å². The molecule has 0 aliphatic rings. The van der Waals surface area contributed by atoms with Crippen LogP contribution in [0.1, 0.15) is 28.4 Å². The van der Waals surface area contributed by atoms with E-state index >= 15 is 0 Å². The number of hydrogen-bond donors (Lipinski definition) is 3. The quantitative estimate of drug-likeness (QED) is 0.347. The van der Waals surface area contributed by atoms with Crippen molar-refractivity contribution in [3.05, 3.63) is 95.3 Å². The van der Waals surface area contributed by atoms with Crippen molar-refractivity contribution in [1.82, 2.24) is 16.1 Å².